The maximum atomic E-state index is 6.28. The van der Waals surface area contributed by atoms with Crippen LogP contribution in [0.3, 0.4) is 0 Å². The Balaban J connectivity index is 2.43. The number of nitrogens with two attached hydrogens (primary N) is 1. The van der Waals surface area contributed by atoms with Crippen molar-refractivity contribution < 1.29 is 0 Å². The van der Waals surface area contributed by atoms with Gasteiger partial charge in [0, 0.05) is 23.3 Å². The second kappa shape index (κ2) is 4.51. The van der Waals surface area contributed by atoms with E-state index in [-0.39, 0.29) is 6.04 Å². The van der Waals surface area contributed by atoms with E-state index >= 15 is 0 Å². The second-order valence-electron chi connectivity index (χ2n) is 4.24. The molecule has 3 nitrogen and oxygen atoms in total. The zero-order valence-electron chi connectivity index (χ0n) is 10.2. The van der Waals surface area contributed by atoms with Crippen molar-refractivity contribution in [2.75, 3.05) is 0 Å². The summed E-state index contributed by atoms with van der Waals surface area (Å²) in [4.78, 5) is 0. The predicted octanol–water partition coefficient (Wildman–Crippen LogP) is 2.74. The van der Waals surface area contributed by atoms with Crippen molar-refractivity contribution in [3.8, 4) is 0 Å². The van der Waals surface area contributed by atoms with Crippen molar-refractivity contribution in [1.82, 2.24) is 9.78 Å². The Bertz CT molecular complexity index is 528. The van der Waals surface area contributed by atoms with Gasteiger partial charge < -0.3 is 5.73 Å². The molecule has 0 spiro atoms. The average molecular weight is 250 g/mol. The standard InChI is InChI=1S/C13H16ClN3/c1-8-12(9(2)17(3)16-8)13(15)10-4-6-11(14)7-5-10/h4-7,13H,15H2,1-3H3. The SMILES string of the molecule is Cc1nn(C)c(C)c1C(N)c1ccc(Cl)cc1. The summed E-state index contributed by atoms with van der Waals surface area (Å²) in [7, 11) is 1.93. The maximum absolute atomic E-state index is 6.28. The molecule has 2 aromatic rings. The van der Waals surface area contributed by atoms with Crippen LogP contribution in [0.15, 0.2) is 24.3 Å². The van der Waals surface area contributed by atoms with Gasteiger partial charge in [-0.1, -0.05) is 23.7 Å². The van der Waals surface area contributed by atoms with Crippen LogP contribution in [0.1, 0.15) is 28.6 Å². The van der Waals surface area contributed by atoms with Gasteiger partial charge in [-0.05, 0) is 31.5 Å². The van der Waals surface area contributed by atoms with Crippen LogP contribution in [0.4, 0.5) is 0 Å². The van der Waals surface area contributed by atoms with Crippen LogP contribution >= 0.6 is 11.6 Å². The molecule has 0 amide bonds. The van der Waals surface area contributed by atoms with Gasteiger partial charge in [-0.2, -0.15) is 5.10 Å². The highest BCUT2D eigenvalue weighted by molar-refractivity contribution is 6.30. The van der Waals surface area contributed by atoms with Crippen LogP contribution in [-0.2, 0) is 7.05 Å². The first kappa shape index (κ1) is 12.1. The van der Waals surface area contributed by atoms with Gasteiger partial charge in [0.1, 0.15) is 0 Å². The Hall–Kier alpha value is -1.32. The third-order valence-electron chi connectivity index (χ3n) is 3.11. The molecule has 1 unspecified atom stereocenters. The monoisotopic (exact) mass is 249 g/mol. The Morgan fingerprint density at radius 2 is 1.82 bits per heavy atom. The fourth-order valence-electron chi connectivity index (χ4n) is 2.08. The third kappa shape index (κ3) is 2.21. The minimum Gasteiger partial charge on any atom is -0.320 e. The number of halogens is 1. The molecule has 17 heavy (non-hydrogen) atoms. The molecule has 4 heteroatoms. The molecular formula is C13H16ClN3. The Kier molecular flexibility index (Phi) is 3.22. The van der Waals surface area contributed by atoms with Crippen LogP contribution in [0.25, 0.3) is 0 Å². The Morgan fingerprint density at radius 3 is 2.29 bits per heavy atom. The molecule has 1 aromatic carbocycles. The third-order valence-corrected chi connectivity index (χ3v) is 3.36. The highest BCUT2D eigenvalue weighted by Gasteiger charge is 2.18. The lowest BCUT2D eigenvalue weighted by Crippen LogP contribution is -2.13. The van der Waals surface area contributed by atoms with Crippen LogP contribution in [0.2, 0.25) is 5.02 Å². The van der Waals surface area contributed by atoms with Crippen LogP contribution in [-0.4, -0.2) is 9.78 Å². The van der Waals surface area contributed by atoms with E-state index in [9.17, 15) is 0 Å². The van der Waals surface area contributed by atoms with E-state index in [0.29, 0.717) is 0 Å². The van der Waals surface area contributed by atoms with Crippen molar-refractivity contribution in [3.63, 3.8) is 0 Å². The summed E-state index contributed by atoms with van der Waals surface area (Å²) in [6, 6.07) is 7.48. The summed E-state index contributed by atoms with van der Waals surface area (Å²) in [6.45, 7) is 4.02. The van der Waals surface area contributed by atoms with Crippen molar-refractivity contribution in [3.05, 3.63) is 51.8 Å². The molecule has 0 saturated carbocycles. The molecule has 1 heterocycles. The van der Waals surface area contributed by atoms with Crippen LogP contribution in [0.5, 0.6) is 0 Å². The van der Waals surface area contributed by atoms with Gasteiger partial charge in [-0.15, -0.1) is 0 Å². The number of rotatable bonds is 2. The highest BCUT2D eigenvalue weighted by Crippen LogP contribution is 2.26. The molecule has 0 aliphatic carbocycles. The summed E-state index contributed by atoms with van der Waals surface area (Å²) >= 11 is 5.87. The number of nitrogens with zero attached hydrogens (tertiary/aromatic N) is 2. The smallest absolute Gasteiger partial charge is 0.0647 e. The van der Waals surface area contributed by atoms with Crippen molar-refractivity contribution in [2.45, 2.75) is 19.9 Å². The topological polar surface area (TPSA) is 43.8 Å². The van der Waals surface area contributed by atoms with Gasteiger partial charge in [0.15, 0.2) is 0 Å². The Morgan fingerprint density at radius 1 is 1.24 bits per heavy atom. The lowest BCUT2D eigenvalue weighted by molar-refractivity contribution is 0.728. The maximum Gasteiger partial charge on any atom is 0.0647 e. The Labute approximate surface area is 106 Å². The highest BCUT2D eigenvalue weighted by atomic mass is 35.5. The van der Waals surface area contributed by atoms with E-state index < -0.39 is 0 Å². The number of aryl methyl sites for hydroxylation is 2. The fourth-order valence-corrected chi connectivity index (χ4v) is 2.20. The number of hydrogen-bond donors (Lipinski definition) is 1. The van der Waals surface area contributed by atoms with Gasteiger partial charge in [0.25, 0.3) is 0 Å². The lowest BCUT2D eigenvalue weighted by atomic mass is 9.98. The van der Waals surface area contributed by atoms with Crippen molar-refractivity contribution >= 4 is 11.6 Å². The van der Waals surface area contributed by atoms with E-state index in [4.69, 9.17) is 17.3 Å². The summed E-state index contributed by atoms with van der Waals surface area (Å²) in [5, 5.41) is 5.11. The number of aromatic nitrogens is 2. The van der Waals surface area contributed by atoms with E-state index in [1.54, 1.807) is 0 Å². The summed E-state index contributed by atoms with van der Waals surface area (Å²) < 4.78 is 1.86. The van der Waals surface area contributed by atoms with Gasteiger partial charge in [0.2, 0.25) is 0 Å². The molecule has 2 N–H and O–H groups in total. The second-order valence-corrected chi connectivity index (χ2v) is 4.67. The quantitative estimate of drug-likeness (QED) is 0.890. The summed E-state index contributed by atoms with van der Waals surface area (Å²) in [5.41, 5.74) is 10.5. The normalized spacial score (nSPS) is 12.8. The van der Waals surface area contributed by atoms with E-state index in [1.165, 1.54) is 0 Å². The van der Waals surface area contributed by atoms with E-state index in [2.05, 4.69) is 5.10 Å². The first-order valence-electron chi connectivity index (χ1n) is 5.52. The average Bonchev–Trinajstić information content (AvgIpc) is 2.53. The number of benzene rings is 1. The first-order valence-corrected chi connectivity index (χ1v) is 5.89. The van der Waals surface area contributed by atoms with Gasteiger partial charge in [-0.25, -0.2) is 0 Å². The van der Waals surface area contributed by atoms with Gasteiger partial charge in [0.05, 0.1) is 11.7 Å². The fraction of sp³-hybridized carbons (Fsp3) is 0.308. The molecule has 2 rings (SSSR count). The molecule has 0 aliphatic heterocycles. The van der Waals surface area contributed by atoms with Gasteiger partial charge >= 0.3 is 0 Å². The molecule has 90 valence electrons. The molecular weight excluding hydrogens is 234 g/mol. The molecule has 0 aliphatic rings. The number of hydrogen-bond acceptors (Lipinski definition) is 2. The predicted molar refractivity (Wildman–Crippen MR) is 70.2 cm³/mol. The summed E-state index contributed by atoms with van der Waals surface area (Å²) in [5.74, 6) is 0. The molecule has 1 atom stereocenters. The van der Waals surface area contributed by atoms with E-state index in [1.807, 2.05) is 49.8 Å². The molecule has 0 radical (unpaired) electrons. The molecule has 0 bridgehead atoms. The van der Waals surface area contributed by atoms with Crippen molar-refractivity contribution in [2.24, 2.45) is 12.8 Å². The van der Waals surface area contributed by atoms with Crippen molar-refractivity contribution in [1.29, 1.82) is 0 Å². The van der Waals surface area contributed by atoms with Gasteiger partial charge in [-0.3, -0.25) is 4.68 Å². The molecule has 1 aromatic heterocycles. The summed E-state index contributed by atoms with van der Waals surface area (Å²) in [6.07, 6.45) is 0. The first-order chi connectivity index (χ1) is 8.00. The van der Waals surface area contributed by atoms with E-state index in [0.717, 1.165) is 27.5 Å². The zero-order chi connectivity index (χ0) is 12.6. The lowest BCUT2D eigenvalue weighted by Gasteiger charge is -2.13. The minimum atomic E-state index is -0.152. The molecule has 0 fully saturated rings. The molecule has 0 saturated heterocycles. The van der Waals surface area contributed by atoms with Crippen LogP contribution < -0.4 is 5.73 Å². The zero-order valence-corrected chi connectivity index (χ0v) is 11.0. The largest absolute Gasteiger partial charge is 0.320 e. The minimum absolute atomic E-state index is 0.152. The van der Waals surface area contributed by atoms with Crippen LogP contribution in [0, 0.1) is 13.8 Å².